The highest BCUT2D eigenvalue weighted by atomic mass is 32.2. The minimum absolute atomic E-state index is 0.00583. The molecule has 1 aliphatic rings. The highest BCUT2D eigenvalue weighted by Crippen LogP contribution is 2.23. The van der Waals surface area contributed by atoms with E-state index in [1.807, 2.05) is 0 Å². The summed E-state index contributed by atoms with van der Waals surface area (Å²) in [7, 11) is -4.04. The van der Waals surface area contributed by atoms with Crippen molar-refractivity contribution in [1.82, 2.24) is 10.2 Å². The lowest BCUT2D eigenvalue weighted by Crippen LogP contribution is -2.52. The zero-order valence-corrected chi connectivity index (χ0v) is 20.0. The van der Waals surface area contributed by atoms with Gasteiger partial charge >= 0.3 is 0 Å². The van der Waals surface area contributed by atoms with Gasteiger partial charge in [-0.2, -0.15) is 0 Å². The second-order valence-electron chi connectivity index (χ2n) is 8.50. The fraction of sp³-hybridized carbons (Fsp3) is 0.417. The molecule has 1 saturated carbocycles. The molecule has 2 amide bonds. The first-order valence-electron chi connectivity index (χ1n) is 11.1. The van der Waals surface area contributed by atoms with Crippen molar-refractivity contribution in [3.8, 4) is 0 Å². The summed E-state index contributed by atoms with van der Waals surface area (Å²) in [6.07, 6.45) is 4.56. The zero-order valence-electron chi connectivity index (χ0n) is 19.2. The number of hydrogen-bond donors (Lipinski definition) is 1. The van der Waals surface area contributed by atoms with Gasteiger partial charge in [-0.05, 0) is 38.0 Å². The van der Waals surface area contributed by atoms with Gasteiger partial charge in [0.05, 0.1) is 11.9 Å². The SMILES string of the molecule is CC(C(=O)NC1CCCC1)N(Cc1ccccc1F)C(=O)CN(c1ccccc1F)S(C)(=O)=O. The van der Waals surface area contributed by atoms with Crippen LogP contribution in [-0.4, -0.2) is 50.0 Å². The van der Waals surface area contributed by atoms with Gasteiger partial charge in [0.25, 0.3) is 0 Å². The molecule has 7 nitrogen and oxygen atoms in total. The fourth-order valence-corrected chi connectivity index (χ4v) is 4.88. The van der Waals surface area contributed by atoms with Crippen LogP contribution in [0.3, 0.4) is 0 Å². The van der Waals surface area contributed by atoms with Crippen LogP contribution in [0.1, 0.15) is 38.2 Å². The van der Waals surface area contributed by atoms with Gasteiger partial charge in [0.15, 0.2) is 0 Å². The summed E-state index contributed by atoms with van der Waals surface area (Å²) in [5.74, 6) is -2.54. The van der Waals surface area contributed by atoms with E-state index in [0.717, 1.165) is 42.9 Å². The Hall–Kier alpha value is -3.01. The predicted octanol–water partition coefficient (Wildman–Crippen LogP) is 3.21. The molecule has 1 fully saturated rings. The number of anilines is 1. The first-order chi connectivity index (χ1) is 16.1. The van der Waals surface area contributed by atoms with Gasteiger partial charge in [0.2, 0.25) is 21.8 Å². The number of nitrogens with zero attached hydrogens (tertiary/aromatic N) is 2. The first-order valence-corrected chi connectivity index (χ1v) is 13.0. The third-order valence-electron chi connectivity index (χ3n) is 5.97. The number of carbonyl (C=O) groups excluding carboxylic acids is 2. The Morgan fingerprint density at radius 3 is 2.21 bits per heavy atom. The van der Waals surface area contributed by atoms with Crippen molar-refractivity contribution in [3.63, 3.8) is 0 Å². The van der Waals surface area contributed by atoms with Crippen LogP contribution >= 0.6 is 0 Å². The van der Waals surface area contributed by atoms with E-state index in [0.29, 0.717) is 4.31 Å². The average Bonchev–Trinajstić information content (AvgIpc) is 3.29. The maximum Gasteiger partial charge on any atom is 0.244 e. The zero-order chi connectivity index (χ0) is 24.9. The molecule has 0 bridgehead atoms. The second-order valence-corrected chi connectivity index (χ2v) is 10.4. The molecule has 1 N–H and O–H groups in total. The molecule has 184 valence electrons. The molecule has 0 spiro atoms. The van der Waals surface area contributed by atoms with Gasteiger partial charge in [-0.15, -0.1) is 0 Å². The lowest BCUT2D eigenvalue weighted by Gasteiger charge is -2.32. The molecular weight excluding hydrogens is 464 g/mol. The van der Waals surface area contributed by atoms with E-state index in [4.69, 9.17) is 0 Å². The number of amides is 2. The number of rotatable bonds is 9. The molecule has 0 saturated heterocycles. The predicted molar refractivity (Wildman–Crippen MR) is 125 cm³/mol. The molecule has 34 heavy (non-hydrogen) atoms. The van der Waals surface area contributed by atoms with E-state index < -0.39 is 46.1 Å². The highest BCUT2D eigenvalue weighted by molar-refractivity contribution is 7.92. The van der Waals surface area contributed by atoms with Crippen molar-refractivity contribution in [3.05, 3.63) is 65.7 Å². The van der Waals surface area contributed by atoms with Gasteiger partial charge in [0, 0.05) is 18.2 Å². The molecule has 1 atom stereocenters. The topological polar surface area (TPSA) is 86.8 Å². The molecular formula is C24H29F2N3O4S. The number of carbonyl (C=O) groups is 2. The second kappa shape index (κ2) is 10.9. The number of halogens is 2. The number of sulfonamides is 1. The fourth-order valence-electron chi connectivity index (χ4n) is 4.03. The van der Waals surface area contributed by atoms with Gasteiger partial charge < -0.3 is 10.2 Å². The minimum Gasteiger partial charge on any atom is -0.352 e. The van der Waals surface area contributed by atoms with Crippen molar-refractivity contribution in [2.45, 2.75) is 51.2 Å². The van der Waals surface area contributed by atoms with E-state index in [-0.39, 0.29) is 23.8 Å². The summed E-state index contributed by atoms with van der Waals surface area (Å²) in [6, 6.07) is 10.0. The Morgan fingerprint density at radius 1 is 1.03 bits per heavy atom. The third kappa shape index (κ3) is 6.31. The average molecular weight is 494 g/mol. The summed E-state index contributed by atoms with van der Waals surface area (Å²) in [6.45, 7) is 0.520. The van der Waals surface area contributed by atoms with E-state index >= 15 is 0 Å². The summed E-state index contributed by atoms with van der Waals surface area (Å²) in [5, 5.41) is 2.92. The molecule has 0 heterocycles. The van der Waals surface area contributed by atoms with Crippen LogP contribution in [0.25, 0.3) is 0 Å². The first kappa shape index (κ1) is 25.6. The largest absolute Gasteiger partial charge is 0.352 e. The Balaban J connectivity index is 1.90. The van der Waals surface area contributed by atoms with Crippen LogP contribution < -0.4 is 9.62 Å². The van der Waals surface area contributed by atoms with E-state index in [1.54, 1.807) is 6.07 Å². The molecule has 1 aliphatic carbocycles. The molecule has 2 aromatic rings. The molecule has 0 aliphatic heterocycles. The van der Waals surface area contributed by atoms with Crippen molar-refractivity contribution in [1.29, 1.82) is 0 Å². The molecule has 3 rings (SSSR count). The van der Waals surface area contributed by atoms with Crippen molar-refractivity contribution in [2.75, 3.05) is 17.1 Å². The summed E-state index contributed by atoms with van der Waals surface area (Å²) < 4.78 is 54.3. The van der Waals surface area contributed by atoms with Crippen LogP contribution in [0, 0.1) is 11.6 Å². The van der Waals surface area contributed by atoms with Crippen molar-refractivity contribution >= 4 is 27.5 Å². The number of benzene rings is 2. The standard InChI is InChI=1S/C24H29F2N3O4S/c1-17(24(31)27-19-10-4-5-11-19)28(15-18-9-3-6-12-20(18)25)23(30)16-29(34(2,32)33)22-14-8-7-13-21(22)26/h3,6-9,12-14,17,19H,4-5,10-11,15-16H2,1-2H3,(H,27,31). The Morgan fingerprint density at radius 2 is 1.62 bits per heavy atom. The summed E-state index contributed by atoms with van der Waals surface area (Å²) >= 11 is 0. The Bertz CT molecular complexity index is 1140. The van der Waals surface area contributed by atoms with E-state index in [9.17, 15) is 26.8 Å². The van der Waals surface area contributed by atoms with E-state index in [2.05, 4.69) is 5.32 Å². The van der Waals surface area contributed by atoms with Crippen molar-refractivity contribution < 1.29 is 26.8 Å². The monoisotopic (exact) mass is 493 g/mol. The number of para-hydroxylation sites is 1. The number of hydrogen-bond acceptors (Lipinski definition) is 4. The van der Waals surface area contributed by atoms with Gasteiger partial charge in [-0.25, -0.2) is 17.2 Å². The molecule has 10 heteroatoms. The van der Waals surface area contributed by atoms with Gasteiger partial charge in [-0.3, -0.25) is 13.9 Å². The van der Waals surface area contributed by atoms with Crippen LogP contribution in [0.15, 0.2) is 48.5 Å². The Labute approximate surface area is 198 Å². The van der Waals surface area contributed by atoms with Gasteiger partial charge in [-0.1, -0.05) is 43.2 Å². The molecule has 2 aromatic carbocycles. The smallest absolute Gasteiger partial charge is 0.244 e. The molecule has 0 aromatic heterocycles. The van der Waals surface area contributed by atoms with Crippen molar-refractivity contribution in [2.24, 2.45) is 0 Å². The molecule has 0 radical (unpaired) electrons. The lowest BCUT2D eigenvalue weighted by molar-refractivity contribution is -0.139. The normalized spacial score (nSPS) is 15.1. The van der Waals surface area contributed by atoms with Crippen LogP contribution in [0.4, 0.5) is 14.5 Å². The van der Waals surface area contributed by atoms with Crippen LogP contribution in [-0.2, 0) is 26.2 Å². The van der Waals surface area contributed by atoms with Crippen LogP contribution in [0.2, 0.25) is 0 Å². The highest BCUT2D eigenvalue weighted by Gasteiger charge is 2.32. The third-order valence-corrected chi connectivity index (χ3v) is 7.09. The summed E-state index contributed by atoms with van der Waals surface area (Å²) in [5.41, 5.74) is -0.111. The van der Waals surface area contributed by atoms with Gasteiger partial charge in [0.1, 0.15) is 24.2 Å². The number of nitrogens with one attached hydrogen (secondary N) is 1. The minimum atomic E-state index is -4.04. The van der Waals surface area contributed by atoms with E-state index in [1.165, 1.54) is 43.3 Å². The summed E-state index contributed by atoms with van der Waals surface area (Å²) in [4.78, 5) is 27.4. The molecule has 1 unspecified atom stereocenters. The maximum atomic E-state index is 14.4. The van der Waals surface area contributed by atoms with Crippen LogP contribution in [0.5, 0.6) is 0 Å². The maximum absolute atomic E-state index is 14.4. The Kier molecular flexibility index (Phi) is 8.24. The lowest BCUT2D eigenvalue weighted by atomic mass is 10.1. The quantitative estimate of drug-likeness (QED) is 0.581.